The van der Waals surface area contributed by atoms with E-state index >= 15 is 0 Å². The first-order valence-corrected chi connectivity index (χ1v) is 3.26. The molecule has 0 saturated carbocycles. The second-order valence-electron chi connectivity index (χ2n) is 1.40. The average molecular weight is 147 g/mol. The number of hydrogen-bond acceptors (Lipinski definition) is 3. The van der Waals surface area contributed by atoms with Crippen LogP contribution in [0.1, 0.15) is 0 Å². The maximum Gasteiger partial charge on any atom is 0.227 e. The van der Waals surface area contributed by atoms with Crippen LogP contribution < -0.4 is 0 Å². The molecule has 1 unspecified atom stereocenters. The minimum absolute atomic E-state index is 0.616. The van der Waals surface area contributed by atoms with E-state index < -0.39 is 0 Å². The molecule has 0 aliphatic carbocycles. The summed E-state index contributed by atoms with van der Waals surface area (Å²) in [5, 5.41) is 0. The quantitative estimate of drug-likeness (QED) is 0.400. The van der Waals surface area contributed by atoms with Crippen LogP contribution in [0, 0.1) is 0 Å². The minimum atomic E-state index is 0.616. The molecule has 0 aromatic carbocycles. The number of thiocarbonyl (C=S) groups is 1. The maximum absolute atomic E-state index is 5.00. The normalized spacial score (nSPS) is 17.4. The van der Waals surface area contributed by atoms with E-state index in [1.807, 2.05) is 0 Å². The average Bonchev–Trinajstić information content (AvgIpc) is 2.12. The topological polar surface area (TPSA) is 21.6 Å². The molecule has 0 aromatic rings. The number of ether oxygens (including phenoxy) is 1. The number of aliphatic imine (C=N–C) groups is 1. The third-order valence-corrected chi connectivity index (χ3v) is 1.22. The van der Waals surface area contributed by atoms with Gasteiger partial charge in [0.25, 0.3) is 0 Å². The van der Waals surface area contributed by atoms with Crippen molar-refractivity contribution in [1.29, 1.82) is 0 Å². The van der Waals surface area contributed by atoms with Gasteiger partial charge in [0.05, 0.1) is 11.2 Å². The van der Waals surface area contributed by atoms with Crippen molar-refractivity contribution in [1.82, 2.24) is 0 Å². The Kier molecular flexibility index (Phi) is 1.92. The Morgan fingerprint density at radius 3 is 2.88 bits per heavy atom. The molecule has 1 heterocycles. The van der Waals surface area contributed by atoms with Crippen molar-refractivity contribution in [3.05, 3.63) is 0 Å². The van der Waals surface area contributed by atoms with Crippen LogP contribution in [0.3, 0.4) is 0 Å². The SMILES string of the molecule is PC(=S)C1=NCCO1. The standard InChI is InChI=1S/C4H6NOPS/c7-4(8)3-5-1-2-6-3/h1-2,7H2. The molecule has 1 aliphatic heterocycles. The van der Waals surface area contributed by atoms with Crippen molar-refractivity contribution in [3.63, 3.8) is 0 Å². The molecular formula is C4H6NOPS. The van der Waals surface area contributed by atoms with Gasteiger partial charge in [0.15, 0.2) is 0 Å². The van der Waals surface area contributed by atoms with Gasteiger partial charge < -0.3 is 4.74 Å². The summed E-state index contributed by atoms with van der Waals surface area (Å²) in [4.78, 5) is 3.97. The van der Waals surface area contributed by atoms with E-state index in [1.54, 1.807) is 0 Å². The Hall–Kier alpha value is -0.0100. The van der Waals surface area contributed by atoms with E-state index in [-0.39, 0.29) is 0 Å². The summed E-state index contributed by atoms with van der Waals surface area (Å²) in [5.74, 6) is 0.616. The largest absolute Gasteiger partial charge is 0.475 e. The molecule has 4 heteroatoms. The van der Waals surface area contributed by atoms with Crippen molar-refractivity contribution in [2.75, 3.05) is 13.2 Å². The Morgan fingerprint density at radius 2 is 2.62 bits per heavy atom. The predicted octanol–water partition coefficient (Wildman–Crippen LogP) is 0.618. The second-order valence-corrected chi connectivity index (χ2v) is 2.84. The first-order valence-electron chi connectivity index (χ1n) is 2.28. The van der Waals surface area contributed by atoms with Gasteiger partial charge in [-0.15, -0.1) is 0 Å². The summed E-state index contributed by atoms with van der Waals surface area (Å²) < 4.78 is 5.67. The van der Waals surface area contributed by atoms with Crippen LogP contribution in [-0.2, 0) is 4.74 Å². The maximum atomic E-state index is 5.00. The van der Waals surface area contributed by atoms with Crippen LogP contribution >= 0.6 is 21.5 Å². The fraction of sp³-hybridized carbons (Fsp3) is 0.500. The fourth-order valence-electron chi connectivity index (χ4n) is 0.484. The lowest BCUT2D eigenvalue weighted by molar-refractivity contribution is 0.354. The van der Waals surface area contributed by atoms with Crippen LogP contribution in [0.5, 0.6) is 0 Å². The predicted molar refractivity (Wildman–Crippen MR) is 40.6 cm³/mol. The molecule has 2 nitrogen and oxygen atoms in total. The van der Waals surface area contributed by atoms with Crippen LogP contribution in [-0.4, -0.2) is 23.7 Å². The smallest absolute Gasteiger partial charge is 0.227 e. The lowest BCUT2D eigenvalue weighted by atomic mass is 10.7. The molecule has 44 valence electrons. The molecule has 0 saturated heterocycles. The Morgan fingerprint density at radius 1 is 1.88 bits per heavy atom. The third kappa shape index (κ3) is 1.23. The van der Waals surface area contributed by atoms with E-state index in [2.05, 4.69) is 14.2 Å². The molecule has 8 heavy (non-hydrogen) atoms. The lowest BCUT2D eigenvalue weighted by Crippen LogP contribution is -2.03. The summed E-state index contributed by atoms with van der Waals surface area (Å²) in [7, 11) is 2.38. The van der Waals surface area contributed by atoms with Gasteiger partial charge in [-0.3, -0.25) is 0 Å². The minimum Gasteiger partial charge on any atom is -0.475 e. The molecule has 0 radical (unpaired) electrons. The lowest BCUT2D eigenvalue weighted by Gasteiger charge is -1.93. The molecule has 1 aliphatic rings. The number of nitrogens with zero attached hydrogens (tertiary/aromatic N) is 1. The highest BCUT2D eigenvalue weighted by Gasteiger charge is 2.07. The van der Waals surface area contributed by atoms with Crippen molar-refractivity contribution in [3.8, 4) is 0 Å². The first-order chi connectivity index (χ1) is 3.80. The highest BCUT2D eigenvalue weighted by molar-refractivity contribution is 7.92. The fourth-order valence-corrected chi connectivity index (χ4v) is 0.782. The van der Waals surface area contributed by atoms with Gasteiger partial charge in [0.2, 0.25) is 5.90 Å². The molecule has 1 rings (SSSR count). The van der Waals surface area contributed by atoms with E-state index in [1.165, 1.54) is 0 Å². The number of hydrogen-bond donors (Lipinski definition) is 0. The van der Waals surface area contributed by atoms with Gasteiger partial charge in [0.1, 0.15) is 6.61 Å². The van der Waals surface area contributed by atoms with E-state index in [9.17, 15) is 0 Å². The zero-order chi connectivity index (χ0) is 5.98. The molecule has 0 N–H and O–H groups in total. The monoisotopic (exact) mass is 147 g/mol. The van der Waals surface area contributed by atoms with E-state index in [4.69, 9.17) is 17.0 Å². The van der Waals surface area contributed by atoms with Crippen molar-refractivity contribution >= 4 is 32.0 Å². The van der Waals surface area contributed by atoms with E-state index in [0.29, 0.717) is 17.1 Å². The van der Waals surface area contributed by atoms with Gasteiger partial charge in [0, 0.05) is 0 Å². The summed E-state index contributed by atoms with van der Waals surface area (Å²) >= 11 is 4.76. The third-order valence-electron chi connectivity index (χ3n) is 0.796. The Bertz CT molecular complexity index is 145. The molecule has 0 amide bonds. The highest BCUT2D eigenvalue weighted by Crippen LogP contribution is 2.01. The van der Waals surface area contributed by atoms with Crippen LogP contribution in [0.15, 0.2) is 4.99 Å². The summed E-state index contributed by atoms with van der Waals surface area (Å²) in [6, 6.07) is 0. The van der Waals surface area contributed by atoms with Gasteiger partial charge in [-0.05, 0) is 0 Å². The first kappa shape index (κ1) is 6.12. The van der Waals surface area contributed by atoms with Crippen molar-refractivity contribution in [2.24, 2.45) is 4.99 Å². The van der Waals surface area contributed by atoms with Gasteiger partial charge >= 0.3 is 0 Å². The highest BCUT2D eigenvalue weighted by atomic mass is 32.1. The van der Waals surface area contributed by atoms with Gasteiger partial charge in [-0.2, -0.15) is 0 Å². The van der Waals surface area contributed by atoms with Crippen molar-refractivity contribution in [2.45, 2.75) is 0 Å². The molecule has 0 bridgehead atoms. The Labute approximate surface area is 55.5 Å². The van der Waals surface area contributed by atoms with Crippen LogP contribution in [0.2, 0.25) is 0 Å². The zero-order valence-corrected chi connectivity index (χ0v) is 6.23. The summed E-state index contributed by atoms with van der Waals surface area (Å²) in [6.07, 6.45) is 0. The number of rotatable bonds is 1. The summed E-state index contributed by atoms with van der Waals surface area (Å²) in [5.41, 5.74) is 0. The van der Waals surface area contributed by atoms with Crippen LogP contribution in [0.4, 0.5) is 0 Å². The molecule has 0 fully saturated rings. The zero-order valence-electron chi connectivity index (χ0n) is 4.26. The summed E-state index contributed by atoms with van der Waals surface area (Å²) in [6.45, 7) is 1.44. The van der Waals surface area contributed by atoms with Crippen LogP contribution in [0.25, 0.3) is 0 Å². The van der Waals surface area contributed by atoms with Gasteiger partial charge in [-0.25, -0.2) is 4.99 Å². The second kappa shape index (κ2) is 2.51. The van der Waals surface area contributed by atoms with Gasteiger partial charge in [-0.1, -0.05) is 21.5 Å². The van der Waals surface area contributed by atoms with Crippen molar-refractivity contribution < 1.29 is 4.74 Å². The molecule has 0 spiro atoms. The molecular weight excluding hydrogens is 141 g/mol. The molecule has 0 aromatic heterocycles. The molecule has 1 atom stereocenters. The van der Waals surface area contributed by atoms with E-state index in [0.717, 1.165) is 6.54 Å². The Balaban J connectivity index is 2.57.